The van der Waals surface area contributed by atoms with Gasteiger partial charge in [0.05, 0.1) is 18.6 Å². The lowest BCUT2D eigenvalue weighted by Gasteiger charge is -2.11. The molecule has 0 bridgehead atoms. The van der Waals surface area contributed by atoms with Gasteiger partial charge in [-0.3, -0.25) is 4.68 Å². The average Bonchev–Trinajstić information content (AvgIpc) is 2.87. The molecule has 0 spiro atoms. The first-order valence-corrected chi connectivity index (χ1v) is 5.72. The zero-order valence-corrected chi connectivity index (χ0v) is 10.5. The van der Waals surface area contributed by atoms with Gasteiger partial charge in [0.2, 0.25) is 0 Å². The van der Waals surface area contributed by atoms with E-state index in [1.54, 1.807) is 11.0 Å². The van der Waals surface area contributed by atoms with Crippen molar-refractivity contribution in [3.05, 3.63) is 30.4 Å². The van der Waals surface area contributed by atoms with Gasteiger partial charge in [0.1, 0.15) is 6.33 Å². The molecule has 17 heavy (non-hydrogen) atoms. The molecule has 1 N–H and O–H groups in total. The lowest BCUT2D eigenvalue weighted by molar-refractivity contribution is 0.546. The van der Waals surface area contributed by atoms with Gasteiger partial charge >= 0.3 is 0 Å². The molecular weight excluding hydrogens is 216 g/mol. The Morgan fingerprint density at radius 3 is 2.76 bits per heavy atom. The summed E-state index contributed by atoms with van der Waals surface area (Å²) in [5.74, 6) is 0.808. The highest BCUT2D eigenvalue weighted by Crippen LogP contribution is 2.08. The van der Waals surface area contributed by atoms with E-state index in [0.717, 1.165) is 12.4 Å². The predicted octanol–water partition coefficient (Wildman–Crippen LogP) is 0.882. The molecule has 0 unspecified atom stereocenters. The van der Waals surface area contributed by atoms with Crippen LogP contribution in [0.3, 0.4) is 0 Å². The maximum atomic E-state index is 4.21. The van der Waals surface area contributed by atoms with Crippen LogP contribution in [0.4, 0.5) is 0 Å². The smallest absolute Gasteiger partial charge is 0.164 e. The fourth-order valence-corrected chi connectivity index (χ4v) is 1.70. The Morgan fingerprint density at radius 2 is 2.12 bits per heavy atom. The molecule has 0 aliphatic carbocycles. The van der Waals surface area contributed by atoms with Gasteiger partial charge in [-0.05, 0) is 13.8 Å². The van der Waals surface area contributed by atoms with Crippen molar-refractivity contribution in [3.63, 3.8) is 0 Å². The van der Waals surface area contributed by atoms with Gasteiger partial charge < -0.3 is 9.88 Å². The Bertz CT molecular complexity index is 470. The third-order valence-electron chi connectivity index (χ3n) is 2.54. The second-order valence-corrected chi connectivity index (χ2v) is 4.32. The Balaban J connectivity index is 1.88. The second kappa shape index (κ2) is 5.09. The number of hydrogen-bond donors (Lipinski definition) is 1. The Labute approximate surface area is 101 Å². The second-order valence-electron chi connectivity index (χ2n) is 4.32. The maximum absolute atomic E-state index is 4.21. The zero-order chi connectivity index (χ0) is 12.3. The number of nitrogens with one attached hydrogen (secondary N) is 1. The van der Waals surface area contributed by atoms with Crippen molar-refractivity contribution in [3.8, 4) is 0 Å². The van der Waals surface area contributed by atoms with Crippen LogP contribution in [0.25, 0.3) is 0 Å². The summed E-state index contributed by atoms with van der Waals surface area (Å²) in [5.41, 5.74) is 1.18. The Morgan fingerprint density at radius 1 is 1.29 bits per heavy atom. The molecule has 2 aromatic heterocycles. The molecule has 92 valence electrons. The molecule has 0 saturated carbocycles. The Hall–Kier alpha value is -1.69. The van der Waals surface area contributed by atoms with Crippen LogP contribution < -0.4 is 5.32 Å². The normalized spacial score (nSPS) is 11.3. The van der Waals surface area contributed by atoms with Crippen LogP contribution in [0.5, 0.6) is 0 Å². The molecule has 0 radical (unpaired) electrons. The minimum atomic E-state index is 0.433. The minimum Gasteiger partial charge on any atom is -0.331 e. The predicted molar refractivity (Wildman–Crippen MR) is 64.2 cm³/mol. The van der Waals surface area contributed by atoms with Crippen LogP contribution in [-0.2, 0) is 20.1 Å². The van der Waals surface area contributed by atoms with Crippen molar-refractivity contribution in [2.24, 2.45) is 7.05 Å². The van der Waals surface area contributed by atoms with Crippen LogP contribution >= 0.6 is 0 Å². The van der Waals surface area contributed by atoms with E-state index in [0.29, 0.717) is 12.6 Å². The summed E-state index contributed by atoms with van der Waals surface area (Å²) in [6.07, 6.45) is 5.45. The molecule has 0 atom stereocenters. The number of hydrogen-bond acceptors (Lipinski definition) is 4. The van der Waals surface area contributed by atoms with Crippen molar-refractivity contribution >= 4 is 0 Å². The first-order chi connectivity index (χ1) is 8.16. The number of imidazole rings is 1. The van der Waals surface area contributed by atoms with Crippen LogP contribution in [0.15, 0.2) is 18.9 Å². The first-order valence-electron chi connectivity index (χ1n) is 5.72. The van der Waals surface area contributed by atoms with Crippen molar-refractivity contribution in [2.45, 2.75) is 33.0 Å². The highest BCUT2D eigenvalue weighted by Gasteiger charge is 2.05. The van der Waals surface area contributed by atoms with Crippen molar-refractivity contribution in [1.29, 1.82) is 0 Å². The number of nitrogens with zero attached hydrogens (tertiary/aromatic N) is 5. The lowest BCUT2D eigenvalue weighted by atomic mass is 10.3. The topological polar surface area (TPSA) is 60.6 Å². The summed E-state index contributed by atoms with van der Waals surface area (Å²) in [4.78, 5) is 8.32. The molecule has 2 rings (SSSR count). The lowest BCUT2D eigenvalue weighted by Crippen LogP contribution is -2.17. The van der Waals surface area contributed by atoms with E-state index in [1.807, 2.05) is 19.6 Å². The molecular formula is C11H18N6. The van der Waals surface area contributed by atoms with Crippen LogP contribution in [0.2, 0.25) is 0 Å². The van der Waals surface area contributed by atoms with Crippen molar-refractivity contribution in [2.75, 3.05) is 0 Å². The molecule has 0 amide bonds. The van der Waals surface area contributed by atoms with Gasteiger partial charge in [0, 0.05) is 25.8 Å². The van der Waals surface area contributed by atoms with Crippen molar-refractivity contribution < 1.29 is 0 Å². The van der Waals surface area contributed by atoms with E-state index in [-0.39, 0.29) is 0 Å². The Kier molecular flexibility index (Phi) is 3.53. The van der Waals surface area contributed by atoms with Gasteiger partial charge in [0.25, 0.3) is 0 Å². The third-order valence-corrected chi connectivity index (χ3v) is 2.54. The van der Waals surface area contributed by atoms with Crippen molar-refractivity contribution in [1.82, 2.24) is 29.6 Å². The number of aryl methyl sites for hydroxylation is 1. The summed E-state index contributed by atoms with van der Waals surface area (Å²) < 4.78 is 3.86. The highest BCUT2D eigenvalue weighted by molar-refractivity contribution is 4.99. The van der Waals surface area contributed by atoms with Gasteiger partial charge in [-0.1, -0.05) is 0 Å². The molecule has 0 aliphatic rings. The van der Waals surface area contributed by atoms with E-state index in [4.69, 9.17) is 0 Å². The van der Waals surface area contributed by atoms with Gasteiger partial charge in [-0.25, -0.2) is 9.97 Å². The van der Waals surface area contributed by atoms with E-state index in [2.05, 4.69) is 38.8 Å². The molecule has 0 saturated heterocycles. The molecule has 6 heteroatoms. The maximum Gasteiger partial charge on any atom is 0.164 e. The van der Waals surface area contributed by atoms with Gasteiger partial charge in [-0.15, -0.1) is 0 Å². The first kappa shape index (κ1) is 11.8. The summed E-state index contributed by atoms with van der Waals surface area (Å²) in [5, 5.41) is 7.52. The summed E-state index contributed by atoms with van der Waals surface area (Å²) >= 11 is 0. The minimum absolute atomic E-state index is 0.433. The fraction of sp³-hybridized carbons (Fsp3) is 0.545. The largest absolute Gasteiger partial charge is 0.331 e. The van der Waals surface area contributed by atoms with Crippen LogP contribution in [0, 0.1) is 0 Å². The van der Waals surface area contributed by atoms with E-state index in [9.17, 15) is 0 Å². The van der Waals surface area contributed by atoms with E-state index >= 15 is 0 Å². The van der Waals surface area contributed by atoms with Gasteiger partial charge in [-0.2, -0.15) is 5.10 Å². The molecule has 6 nitrogen and oxygen atoms in total. The summed E-state index contributed by atoms with van der Waals surface area (Å²) in [6, 6.07) is 0.433. The standard InChI is InChI=1S/C11H18N6/c1-9(2)17-7-13-5-10(17)4-12-6-11-14-8-16(3)15-11/h5,7-9,12H,4,6H2,1-3H3. The summed E-state index contributed by atoms with van der Waals surface area (Å²) in [7, 11) is 1.87. The highest BCUT2D eigenvalue weighted by atomic mass is 15.3. The van der Waals surface area contributed by atoms with E-state index in [1.165, 1.54) is 5.69 Å². The van der Waals surface area contributed by atoms with Crippen LogP contribution in [0.1, 0.15) is 31.4 Å². The summed E-state index contributed by atoms with van der Waals surface area (Å²) in [6.45, 7) is 5.73. The molecule has 0 aliphatic heterocycles. The zero-order valence-electron chi connectivity index (χ0n) is 10.5. The number of aromatic nitrogens is 5. The average molecular weight is 234 g/mol. The number of rotatable bonds is 5. The fourth-order valence-electron chi connectivity index (χ4n) is 1.70. The molecule has 2 aromatic rings. The van der Waals surface area contributed by atoms with E-state index < -0.39 is 0 Å². The third kappa shape index (κ3) is 2.91. The van der Waals surface area contributed by atoms with Gasteiger partial charge in [0.15, 0.2) is 5.82 Å². The molecule has 0 fully saturated rings. The molecule has 2 heterocycles. The van der Waals surface area contributed by atoms with Crippen LogP contribution in [-0.4, -0.2) is 24.3 Å². The quantitative estimate of drug-likeness (QED) is 0.834. The molecule has 0 aromatic carbocycles. The SMILES string of the molecule is CC(C)n1cncc1CNCc1ncn(C)n1. The monoisotopic (exact) mass is 234 g/mol.